The van der Waals surface area contributed by atoms with Crippen molar-refractivity contribution in [3.05, 3.63) is 63.6 Å². The lowest BCUT2D eigenvalue weighted by molar-refractivity contribution is -0.152. The standard InChI is InChI=1S/C17H16Cl2O4/c1-21-16(17(20)22-2)15-6-4-3-5-11(15)10-23-14-8-12(18)7-13(19)9-14/h3-9,16H,10H2,1-2H3. The molecular weight excluding hydrogens is 339 g/mol. The van der Waals surface area contributed by atoms with Gasteiger partial charge in [0.2, 0.25) is 0 Å². The maximum Gasteiger partial charge on any atom is 0.339 e. The molecule has 4 nitrogen and oxygen atoms in total. The molecule has 0 spiro atoms. The van der Waals surface area contributed by atoms with Crippen LogP contribution in [0.5, 0.6) is 5.75 Å². The first-order valence-electron chi connectivity index (χ1n) is 6.82. The van der Waals surface area contributed by atoms with Crippen LogP contribution < -0.4 is 4.74 Å². The Morgan fingerprint density at radius 2 is 1.74 bits per heavy atom. The second kappa shape index (κ2) is 8.20. The van der Waals surface area contributed by atoms with Gasteiger partial charge in [0.1, 0.15) is 12.4 Å². The topological polar surface area (TPSA) is 44.8 Å². The Labute approximate surface area is 144 Å². The van der Waals surface area contributed by atoms with Crippen molar-refractivity contribution in [2.45, 2.75) is 12.7 Å². The maximum atomic E-state index is 11.8. The zero-order chi connectivity index (χ0) is 16.8. The lowest BCUT2D eigenvalue weighted by atomic mass is 10.0. The van der Waals surface area contributed by atoms with Gasteiger partial charge < -0.3 is 14.2 Å². The minimum absolute atomic E-state index is 0.240. The molecule has 122 valence electrons. The first-order chi connectivity index (χ1) is 11.0. The molecule has 2 rings (SSSR count). The highest BCUT2D eigenvalue weighted by molar-refractivity contribution is 6.34. The molecule has 0 radical (unpaired) electrons. The summed E-state index contributed by atoms with van der Waals surface area (Å²) in [5.74, 6) is 0.0788. The monoisotopic (exact) mass is 354 g/mol. The fraction of sp³-hybridized carbons (Fsp3) is 0.235. The third-order valence-electron chi connectivity index (χ3n) is 3.22. The molecule has 1 atom stereocenters. The van der Waals surface area contributed by atoms with E-state index in [1.54, 1.807) is 24.3 Å². The summed E-state index contributed by atoms with van der Waals surface area (Å²) in [6, 6.07) is 12.3. The zero-order valence-electron chi connectivity index (χ0n) is 12.7. The Bertz CT molecular complexity index is 668. The van der Waals surface area contributed by atoms with Gasteiger partial charge in [0.15, 0.2) is 6.10 Å². The van der Waals surface area contributed by atoms with Crippen molar-refractivity contribution in [3.63, 3.8) is 0 Å². The van der Waals surface area contributed by atoms with E-state index in [0.717, 1.165) is 5.56 Å². The Morgan fingerprint density at radius 3 is 2.35 bits per heavy atom. The number of esters is 1. The molecular formula is C17H16Cl2O4. The van der Waals surface area contributed by atoms with Crippen molar-refractivity contribution < 1.29 is 19.0 Å². The van der Waals surface area contributed by atoms with Crippen LogP contribution in [0, 0.1) is 0 Å². The fourth-order valence-corrected chi connectivity index (χ4v) is 2.66. The first-order valence-corrected chi connectivity index (χ1v) is 7.58. The Morgan fingerprint density at radius 1 is 1.09 bits per heavy atom. The van der Waals surface area contributed by atoms with E-state index >= 15 is 0 Å². The van der Waals surface area contributed by atoms with Gasteiger partial charge in [-0.15, -0.1) is 0 Å². The largest absolute Gasteiger partial charge is 0.489 e. The molecule has 0 fully saturated rings. The summed E-state index contributed by atoms with van der Waals surface area (Å²) in [5.41, 5.74) is 1.50. The van der Waals surface area contributed by atoms with Gasteiger partial charge in [-0.05, 0) is 29.3 Å². The smallest absolute Gasteiger partial charge is 0.339 e. The summed E-state index contributed by atoms with van der Waals surface area (Å²) < 4.78 is 15.7. The van der Waals surface area contributed by atoms with Crippen molar-refractivity contribution in [1.29, 1.82) is 0 Å². The minimum Gasteiger partial charge on any atom is -0.489 e. The second-order valence-corrected chi connectivity index (χ2v) is 5.60. The number of hydrogen-bond donors (Lipinski definition) is 0. The van der Waals surface area contributed by atoms with Crippen molar-refractivity contribution in [2.75, 3.05) is 14.2 Å². The molecule has 1 unspecified atom stereocenters. The summed E-state index contributed by atoms with van der Waals surface area (Å²) in [4.78, 5) is 11.8. The van der Waals surface area contributed by atoms with Crippen molar-refractivity contribution in [1.82, 2.24) is 0 Å². The molecule has 0 N–H and O–H groups in total. The van der Waals surface area contributed by atoms with E-state index in [1.165, 1.54) is 14.2 Å². The van der Waals surface area contributed by atoms with E-state index in [-0.39, 0.29) is 6.61 Å². The SMILES string of the molecule is COC(=O)C(OC)c1ccccc1COc1cc(Cl)cc(Cl)c1. The zero-order valence-corrected chi connectivity index (χ0v) is 14.2. The number of carbonyl (C=O) groups is 1. The number of benzene rings is 2. The molecule has 0 heterocycles. The number of rotatable bonds is 6. The van der Waals surface area contributed by atoms with Gasteiger partial charge in [-0.1, -0.05) is 47.5 Å². The lowest BCUT2D eigenvalue weighted by Crippen LogP contribution is -2.18. The predicted molar refractivity (Wildman–Crippen MR) is 89.0 cm³/mol. The molecule has 0 saturated heterocycles. The van der Waals surface area contributed by atoms with Crippen LogP contribution in [0.4, 0.5) is 0 Å². The van der Waals surface area contributed by atoms with E-state index in [0.29, 0.717) is 21.4 Å². The fourth-order valence-electron chi connectivity index (χ4n) is 2.15. The molecule has 0 saturated carbocycles. The molecule has 0 aliphatic carbocycles. The van der Waals surface area contributed by atoms with Gasteiger partial charge >= 0.3 is 5.97 Å². The first kappa shape index (κ1) is 17.6. The Kier molecular flexibility index (Phi) is 6.28. The van der Waals surface area contributed by atoms with Gasteiger partial charge in [-0.3, -0.25) is 0 Å². The third kappa shape index (κ3) is 4.61. The minimum atomic E-state index is -0.803. The average Bonchev–Trinajstić information content (AvgIpc) is 2.53. The lowest BCUT2D eigenvalue weighted by Gasteiger charge is -2.17. The molecule has 23 heavy (non-hydrogen) atoms. The van der Waals surface area contributed by atoms with Gasteiger partial charge in [0.05, 0.1) is 7.11 Å². The third-order valence-corrected chi connectivity index (χ3v) is 3.66. The van der Waals surface area contributed by atoms with Gasteiger partial charge in [0, 0.05) is 17.2 Å². The summed E-state index contributed by atoms with van der Waals surface area (Å²) in [7, 11) is 2.78. The van der Waals surface area contributed by atoms with Crippen LogP contribution >= 0.6 is 23.2 Å². The molecule has 0 bridgehead atoms. The van der Waals surface area contributed by atoms with Crippen molar-refractivity contribution in [2.24, 2.45) is 0 Å². The van der Waals surface area contributed by atoms with Crippen LogP contribution in [0.3, 0.4) is 0 Å². The van der Waals surface area contributed by atoms with E-state index in [9.17, 15) is 4.79 Å². The van der Waals surface area contributed by atoms with Crippen LogP contribution in [0.15, 0.2) is 42.5 Å². The van der Waals surface area contributed by atoms with Gasteiger partial charge in [-0.2, -0.15) is 0 Å². The van der Waals surface area contributed by atoms with E-state index in [1.807, 2.05) is 18.2 Å². The van der Waals surface area contributed by atoms with E-state index in [4.69, 9.17) is 37.4 Å². The molecule has 0 aliphatic rings. The van der Waals surface area contributed by atoms with Crippen LogP contribution in [0.25, 0.3) is 0 Å². The van der Waals surface area contributed by atoms with Gasteiger partial charge in [0.25, 0.3) is 0 Å². The molecule has 6 heteroatoms. The summed E-state index contributed by atoms with van der Waals surface area (Å²) >= 11 is 11.9. The Balaban J connectivity index is 2.21. The Hall–Kier alpha value is -1.75. The predicted octanol–water partition coefficient (Wildman–Crippen LogP) is 4.43. The highest BCUT2D eigenvalue weighted by Gasteiger charge is 2.23. The average molecular weight is 355 g/mol. The van der Waals surface area contributed by atoms with Crippen LogP contribution in [-0.4, -0.2) is 20.2 Å². The maximum absolute atomic E-state index is 11.8. The number of methoxy groups -OCH3 is 2. The number of carbonyl (C=O) groups excluding carboxylic acids is 1. The second-order valence-electron chi connectivity index (χ2n) is 4.73. The normalized spacial score (nSPS) is 11.8. The number of ether oxygens (including phenoxy) is 3. The van der Waals surface area contributed by atoms with Crippen molar-refractivity contribution in [3.8, 4) is 5.75 Å². The molecule has 2 aromatic carbocycles. The molecule has 0 aliphatic heterocycles. The van der Waals surface area contributed by atoms with E-state index < -0.39 is 12.1 Å². The molecule has 0 aromatic heterocycles. The summed E-state index contributed by atoms with van der Waals surface area (Å²) in [6.07, 6.45) is -0.803. The number of hydrogen-bond acceptors (Lipinski definition) is 4. The summed E-state index contributed by atoms with van der Waals surface area (Å²) in [5, 5.41) is 0.982. The quantitative estimate of drug-likeness (QED) is 0.719. The van der Waals surface area contributed by atoms with Crippen LogP contribution in [0.1, 0.15) is 17.2 Å². The van der Waals surface area contributed by atoms with Gasteiger partial charge in [-0.25, -0.2) is 4.79 Å². The highest BCUT2D eigenvalue weighted by Crippen LogP contribution is 2.27. The van der Waals surface area contributed by atoms with Crippen LogP contribution in [-0.2, 0) is 20.9 Å². The van der Waals surface area contributed by atoms with Crippen LogP contribution in [0.2, 0.25) is 10.0 Å². The number of halogens is 2. The molecule has 2 aromatic rings. The van der Waals surface area contributed by atoms with E-state index in [2.05, 4.69) is 0 Å². The summed E-state index contributed by atoms with van der Waals surface area (Å²) in [6.45, 7) is 0.240. The highest BCUT2D eigenvalue weighted by atomic mass is 35.5. The van der Waals surface area contributed by atoms with Crippen molar-refractivity contribution >= 4 is 29.2 Å². The molecule has 0 amide bonds.